The maximum absolute atomic E-state index is 5.81. The van der Waals surface area contributed by atoms with Gasteiger partial charge in [0.1, 0.15) is 0 Å². The molecule has 60 valence electrons. The third-order valence-corrected chi connectivity index (χ3v) is 2.79. The molecule has 1 aromatic heterocycles. The Bertz CT molecular complexity index is 264. The molecule has 0 bridgehead atoms. The molecule has 1 rings (SSSR count). The number of hydrogen-bond acceptors (Lipinski definition) is 2. The number of thiophene rings is 1. The van der Waals surface area contributed by atoms with E-state index in [-0.39, 0.29) is 0 Å². The normalized spacial score (nSPS) is 12.1. The van der Waals surface area contributed by atoms with Crippen LogP contribution in [-0.2, 0) is 0 Å². The zero-order valence-electron chi connectivity index (χ0n) is 7.14. The van der Waals surface area contributed by atoms with E-state index < -0.39 is 0 Å². The van der Waals surface area contributed by atoms with Gasteiger partial charge >= 0.3 is 0 Å². The van der Waals surface area contributed by atoms with Gasteiger partial charge in [0.15, 0.2) is 0 Å². The fraction of sp³-hybridized carbons (Fsp3) is 0.333. The third-order valence-electron chi connectivity index (χ3n) is 1.76. The molecule has 0 unspecified atom stereocenters. The van der Waals surface area contributed by atoms with Crippen molar-refractivity contribution in [1.82, 2.24) is 0 Å². The Morgan fingerprint density at radius 3 is 2.55 bits per heavy atom. The molecule has 0 radical (unpaired) electrons. The molecule has 0 saturated carbocycles. The van der Waals surface area contributed by atoms with Crippen LogP contribution in [0.5, 0.6) is 0 Å². The van der Waals surface area contributed by atoms with Gasteiger partial charge in [-0.05, 0) is 31.7 Å². The molecule has 0 saturated heterocycles. The van der Waals surface area contributed by atoms with Crippen LogP contribution in [0.25, 0.3) is 5.70 Å². The number of hydrogen-bond donors (Lipinski definition) is 1. The van der Waals surface area contributed by atoms with E-state index in [4.69, 9.17) is 5.73 Å². The van der Waals surface area contributed by atoms with Crippen LogP contribution >= 0.6 is 11.3 Å². The number of aryl methyl sites for hydroxylation is 2. The van der Waals surface area contributed by atoms with E-state index in [9.17, 15) is 0 Å². The van der Waals surface area contributed by atoms with Crippen LogP contribution in [0.1, 0.15) is 22.9 Å². The van der Waals surface area contributed by atoms with Gasteiger partial charge in [-0.3, -0.25) is 0 Å². The lowest BCUT2D eigenvalue weighted by Gasteiger charge is -2.00. The van der Waals surface area contributed by atoms with E-state index in [2.05, 4.69) is 19.2 Å². The van der Waals surface area contributed by atoms with Gasteiger partial charge < -0.3 is 5.73 Å². The monoisotopic (exact) mass is 167 g/mol. The summed E-state index contributed by atoms with van der Waals surface area (Å²) in [6, 6.07) is 0. The van der Waals surface area contributed by atoms with Crippen LogP contribution in [0.3, 0.4) is 0 Å². The third kappa shape index (κ3) is 1.46. The van der Waals surface area contributed by atoms with Crippen LogP contribution in [-0.4, -0.2) is 0 Å². The van der Waals surface area contributed by atoms with E-state index in [1.54, 1.807) is 11.3 Å². The molecule has 0 amide bonds. The quantitative estimate of drug-likeness (QED) is 0.683. The number of allylic oxidation sites excluding steroid dienone is 1. The minimum Gasteiger partial charge on any atom is -0.398 e. The largest absolute Gasteiger partial charge is 0.398 e. The summed E-state index contributed by atoms with van der Waals surface area (Å²) in [7, 11) is 0. The molecule has 1 aromatic rings. The first-order chi connectivity index (χ1) is 5.16. The number of rotatable bonds is 1. The summed E-state index contributed by atoms with van der Waals surface area (Å²) in [4.78, 5) is 1.30. The summed E-state index contributed by atoms with van der Waals surface area (Å²) in [5, 5.41) is 2.14. The molecule has 0 aliphatic rings. The van der Waals surface area contributed by atoms with Crippen molar-refractivity contribution in [3.63, 3.8) is 0 Å². The van der Waals surface area contributed by atoms with Gasteiger partial charge in [0, 0.05) is 16.1 Å². The minimum atomic E-state index is 0.890. The lowest BCUT2D eigenvalue weighted by molar-refractivity contribution is 1.40. The average Bonchev–Trinajstić information content (AvgIpc) is 2.30. The van der Waals surface area contributed by atoms with Crippen molar-refractivity contribution in [3.8, 4) is 0 Å². The molecule has 2 N–H and O–H groups in total. The van der Waals surface area contributed by atoms with Crippen LogP contribution in [0.15, 0.2) is 11.5 Å². The van der Waals surface area contributed by atoms with Gasteiger partial charge in [0.25, 0.3) is 0 Å². The highest BCUT2D eigenvalue weighted by molar-refractivity contribution is 7.10. The summed E-state index contributed by atoms with van der Waals surface area (Å²) in [6.45, 7) is 6.16. The van der Waals surface area contributed by atoms with Crippen LogP contribution in [0, 0.1) is 13.8 Å². The van der Waals surface area contributed by atoms with Gasteiger partial charge in [-0.25, -0.2) is 0 Å². The molecule has 0 spiro atoms. The van der Waals surface area contributed by atoms with E-state index in [0.29, 0.717) is 0 Å². The first kappa shape index (κ1) is 8.34. The Morgan fingerprint density at radius 2 is 2.18 bits per heavy atom. The van der Waals surface area contributed by atoms with Crippen LogP contribution < -0.4 is 5.73 Å². The van der Waals surface area contributed by atoms with E-state index >= 15 is 0 Å². The molecule has 11 heavy (non-hydrogen) atoms. The van der Waals surface area contributed by atoms with Crippen molar-refractivity contribution in [3.05, 3.63) is 27.5 Å². The van der Waals surface area contributed by atoms with Gasteiger partial charge in [0.05, 0.1) is 0 Å². The van der Waals surface area contributed by atoms with Crippen LogP contribution in [0.2, 0.25) is 0 Å². The highest BCUT2D eigenvalue weighted by Crippen LogP contribution is 2.24. The molecule has 1 heterocycles. The van der Waals surface area contributed by atoms with Crippen molar-refractivity contribution in [2.24, 2.45) is 5.73 Å². The Morgan fingerprint density at radius 1 is 1.55 bits per heavy atom. The second kappa shape index (κ2) is 3.09. The number of nitrogens with two attached hydrogens (primary N) is 1. The average molecular weight is 167 g/mol. The molecule has 0 aliphatic heterocycles. The lowest BCUT2D eigenvalue weighted by Crippen LogP contribution is -1.96. The van der Waals surface area contributed by atoms with E-state index in [0.717, 1.165) is 5.70 Å². The zero-order chi connectivity index (χ0) is 8.43. The summed E-state index contributed by atoms with van der Waals surface area (Å²) < 4.78 is 0. The van der Waals surface area contributed by atoms with Crippen molar-refractivity contribution < 1.29 is 0 Å². The molecule has 0 aliphatic carbocycles. The Kier molecular flexibility index (Phi) is 2.35. The first-order valence-electron chi connectivity index (χ1n) is 3.63. The first-order valence-corrected chi connectivity index (χ1v) is 4.51. The highest BCUT2D eigenvalue weighted by atomic mass is 32.1. The topological polar surface area (TPSA) is 26.0 Å². The van der Waals surface area contributed by atoms with Gasteiger partial charge in [-0.1, -0.05) is 6.08 Å². The van der Waals surface area contributed by atoms with Crippen LogP contribution in [0.4, 0.5) is 0 Å². The van der Waals surface area contributed by atoms with Gasteiger partial charge in [-0.15, -0.1) is 11.3 Å². The maximum Gasteiger partial charge on any atom is 0.0358 e. The molecular formula is C9H13NS. The van der Waals surface area contributed by atoms with E-state index in [1.807, 2.05) is 13.0 Å². The second-order valence-corrected chi connectivity index (χ2v) is 3.68. The molecule has 1 nitrogen and oxygen atoms in total. The predicted octanol–water partition coefficient (Wildman–Crippen LogP) is 2.68. The predicted molar refractivity (Wildman–Crippen MR) is 51.6 cm³/mol. The molecular weight excluding hydrogens is 154 g/mol. The summed E-state index contributed by atoms with van der Waals surface area (Å²) in [5.41, 5.74) is 9.20. The minimum absolute atomic E-state index is 0.890. The zero-order valence-corrected chi connectivity index (χ0v) is 7.96. The lowest BCUT2D eigenvalue weighted by atomic mass is 10.1. The Labute approximate surface area is 71.5 Å². The van der Waals surface area contributed by atoms with Gasteiger partial charge in [0.2, 0.25) is 0 Å². The van der Waals surface area contributed by atoms with Gasteiger partial charge in [-0.2, -0.15) is 0 Å². The standard InChI is InChI=1S/C9H13NS/c1-4-8(10)9-6(2)5-11-7(9)3/h4-5H,10H2,1-3H3/b8-4+. The van der Waals surface area contributed by atoms with Crippen molar-refractivity contribution in [2.75, 3.05) is 0 Å². The Balaban J connectivity index is 3.21. The molecule has 0 fully saturated rings. The molecule has 0 atom stereocenters. The summed E-state index contributed by atoms with van der Waals surface area (Å²) in [5.74, 6) is 0. The molecule has 2 heteroatoms. The molecule has 0 aromatic carbocycles. The van der Waals surface area contributed by atoms with Crippen molar-refractivity contribution in [1.29, 1.82) is 0 Å². The Hall–Kier alpha value is -0.760. The SMILES string of the molecule is C/C=C(/N)c1c(C)csc1C. The van der Waals surface area contributed by atoms with Crippen molar-refractivity contribution in [2.45, 2.75) is 20.8 Å². The fourth-order valence-electron chi connectivity index (χ4n) is 1.15. The fourth-order valence-corrected chi connectivity index (χ4v) is 2.02. The van der Waals surface area contributed by atoms with Crippen molar-refractivity contribution >= 4 is 17.0 Å². The second-order valence-electron chi connectivity index (χ2n) is 2.59. The van der Waals surface area contributed by atoms with E-state index in [1.165, 1.54) is 16.0 Å². The smallest absolute Gasteiger partial charge is 0.0358 e. The highest BCUT2D eigenvalue weighted by Gasteiger charge is 2.05. The maximum atomic E-state index is 5.81. The summed E-state index contributed by atoms with van der Waals surface area (Å²) in [6.07, 6.45) is 1.95. The summed E-state index contributed by atoms with van der Waals surface area (Å²) >= 11 is 1.75.